The molecule has 6 rings (SSSR count). The zero-order chi connectivity index (χ0) is 20.1. The molecule has 142 valence electrons. The van der Waals surface area contributed by atoms with E-state index in [1.807, 2.05) is 66.7 Å². The molecule has 0 unspecified atom stereocenters. The lowest BCUT2D eigenvalue weighted by Gasteiger charge is -2.06. The maximum Gasteiger partial charge on any atom is 0.343 e. The molecule has 2 heterocycles. The van der Waals surface area contributed by atoms with Gasteiger partial charge in [0.05, 0.1) is 16.6 Å². The van der Waals surface area contributed by atoms with Crippen molar-refractivity contribution in [3.63, 3.8) is 0 Å². The van der Waals surface area contributed by atoms with Crippen LogP contribution < -0.4 is 4.74 Å². The Labute approximate surface area is 171 Å². The van der Waals surface area contributed by atoms with Crippen LogP contribution in [-0.4, -0.2) is 20.9 Å². The lowest BCUT2D eigenvalue weighted by molar-refractivity contribution is 0.0735. The third-order valence-corrected chi connectivity index (χ3v) is 5.27. The van der Waals surface area contributed by atoms with Crippen molar-refractivity contribution in [3.05, 3.63) is 90.5 Å². The molecule has 0 aliphatic rings. The van der Waals surface area contributed by atoms with Crippen molar-refractivity contribution in [1.82, 2.24) is 15.0 Å². The number of H-pyrrole nitrogens is 1. The summed E-state index contributed by atoms with van der Waals surface area (Å²) in [7, 11) is 0. The molecule has 2 aromatic heterocycles. The van der Waals surface area contributed by atoms with Crippen molar-refractivity contribution in [3.8, 4) is 5.75 Å². The predicted molar refractivity (Wildman–Crippen MR) is 118 cm³/mol. The Kier molecular flexibility index (Phi) is 3.55. The van der Waals surface area contributed by atoms with E-state index >= 15 is 0 Å². The van der Waals surface area contributed by atoms with E-state index in [0.29, 0.717) is 16.8 Å². The van der Waals surface area contributed by atoms with E-state index in [-0.39, 0.29) is 0 Å². The van der Waals surface area contributed by atoms with E-state index in [2.05, 4.69) is 9.97 Å². The molecule has 0 spiro atoms. The van der Waals surface area contributed by atoms with Crippen LogP contribution in [-0.2, 0) is 0 Å². The van der Waals surface area contributed by atoms with Gasteiger partial charge in [-0.15, -0.1) is 0 Å². The number of para-hydroxylation sites is 1. The van der Waals surface area contributed by atoms with Gasteiger partial charge < -0.3 is 9.72 Å². The van der Waals surface area contributed by atoms with Gasteiger partial charge in [0, 0.05) is 17.0 Å². The van der Waals surface area contributed by atoms with Gasteiger partial charge in [-0.1, -0.05) is 48.5 Å². The molecular formula is C25H15N3O2. The number of hydrogen-bond donors (Lipinski definition) is 1. The molecule has 1 N–H and O–H groups in total. The predicted octanol–water partition coefficient (Wildman–Crippen LogP) is 5.64. The van der Waals surface area contributed by atoms with Gasteiger partial charge in [0.15, 0.2) is 5.65 Å². The van der Waals surface area contributed by atoms with Gasteiger partial charge in [0.2, 0.25) is 0 Å². The number of nitrogens with zero attached hydrogens (tertiary/aromatic N) is 2. The standard InChI is InChI=1S/C25H15N3O2/c29-25(17-10-9-15-5-1-2-6-16(15)13-17)30-18-11-12-21-22(14-18)26-23-19-7-3-4-8-20(19)27-24(23)28-21/h1-14H,(H,27,28). The van der Waals surface area contributed by atoms with Crippen LogP contribution in [0.25, 0.3) is 43.9 Å². The zero-order valence-corrected chi connectivity index (χ0v) is 15.8. The summed E-state index contributed by atoms with van der Waals surface area (Å²) in [5.74, 6) is 0.0374. The Bertz CT molecular complexity index is 1600. The first-order valence-corrected chi connectivity index (χ1v) is 9.64. The number of aromatic nitrogens is 3. The number of carbonyl (C=O) groups excluding carboxylic acids is 1. The summed E-state index contributed by atoms with van der Waals surface area (Å²) in [6.07, 6.45) is 0. The minimum Gasteiger partial charge on any atom is -0.423 e. The van der Waals surface area contributed by atoms with Crippen molar-refractivity contribution in [2.24, 2.45) is 0 Å². The molecule has 0 aliphatic heterocycles. The van der Waals surface area contributed by atoms with E-state index in [9.17, 15) is 4.79 Å². The molecule has 30 heavy (non-hydrogen) atoms. The summed E-state index contributed by atoms with van der Waals surface area (Å²) >= 11 is 0. The highest BCUT2D eigenvalue weighted by molar-refractivity contribution is 6.05. The number of fused-ring (bicyclic) bond motifs is 5. The van der Waals surface area contributed by atoms with Gasteiger partial charge in [0.1, 0.15) is 11.3 Å². The van der Waals surface area contributed by atoms with Crippen LogP contribution >= 0.6 is 0 Å². The van der Waals surface area contributed by atoms with Crippen molar-refractivity contribution in [2.45, 2.75) is 0 Å². The Morgan fingerprint density at radius 3 is 2.53 bits per heavy atom. The number of esters is 1. The minimum atomic E-state index is -0.402. The van der Waals surface area contributed by atoms with Crippen molar-refractivity contribution < 1.29 is 9.53 Å². The highest BCUT2D eigenvalue weighted by atomic mass is 16.5. The Morgan fingerprint density at radius 2 is 1.60 bits per heavy atom. The number of ether oxygens (including phenoxy) is 1. The summed E-state index contributed by atoms with van der Waals surface area (Å²) in [5, 5.41) is 3.09. The van der Waals surface area contributed by atoms with E-state index in [1.165, 1.54) is 0 Å². The molecule has 0 atom stereocenters. The monoisotopic (exact) mass is 389 g/mol. The number of hydrogen-bond acceptors (Lipinski definition) is 4. The molecule has 0 radical (unpaired) electrons. The number of rotatable bonds is 2. The molecule has 0 amide bonds. The summed E-state index contributed by atoms with van der Waals surface area (Å²) in [4.78, 5) is 25.4. The van der Waals surface area contributed by atoms with Crippen LogP contribution in [0, 0.1) is 0 Å². The lowest BCUT2D eigenvalue weighted by Crippen LogP contribution is -2.08. The lowest BCUT2D eigenvalue weighted by atomic mass is 10.1. The molecule has 5 heteroatoms. The number of nitrogens with one attached hydrogen (secondary N) is 1. The molecule has 0 bridgehead atoms. The first-order chi connectivity index (χ1) is 14.7. The van der Waals surface area contributed by atoms with E-state index in [1.54, 1.807) is 18.2 Å². The Morgan fingerprint density at radius 1 is 0.767 bits per heavy atom. The highest BCUT2D eigenvalue weighted by Gasteiger charge is 2.12. The maximum atomic E-state index is 12.7. The first kappa shape index (κ1) is 16.7. The highest BCUT2D eigenvalue weighted by Crippen LogP contribution is 2.26. The third-order valence-electron chi connectivity index (χ3n) is 5.27. The van der Waals surface area contributed by atoms with E-state index in [4.69, 9.17) is 9.72 Å². The van der Waals surface area contributed by atoms with Crippen LogP contribution in [0.3, 0.4) is 0 Å². The molecular weight excluding hydrogens is 374 g/mol. The van der Waals surface area contributed by atoms with Gasteiger partial charge >= 0.3 is 5.97 Å². The molecule has 0 saturated carbocycles. The van der Waals surface area contributed by atoms with E-state index in [0.717, 1.165) is 38.4 Å². The maximum absolute atomic E-state index is 12.7. The molecule has 4 aromatic carbocycles. The quantitative estimate of drug-likeness (QED) is 0.307. The Hall–Kier alpha value is -4.25. The van der Waals surface area contributed by atoms with Gasteiger partial charge in [-0.25, -0.2) is 14.8 Å². The number of benzene rings is 4. The van der Waals surface area contributed by atoms with Crippen molar-refractivity contribution >= 4 is 49.8 Å². The Balaban J connectivity index is 1.38. The average molecular weight is 389 g/mol. The zero-order valence-electron chi connectivity index (χ0n) is 15.8. The molecule has 0 fully saturated rings. The van der Waals surface area contributed by atoms with Crippen LogP contribution in [0.4, 0.5) is 0 Å². The fourth-order valence-corrected chi connectivity index (χ4v) is 3.78. The van der Waals surface area contributed by atoms with E-state index < -0.39 is 5.97 Å². The van der Waals surface area contributed by atoms with Gasteiger partial charge in [-0.05, 0) is 41.1 Å². The number of carbonyl (C=O) groups is 1. The van der Waals surface area contributed by atoms with Crippen molar-refractivity contribution in [2.75, 3.05) is 0 Å². The fourth-order valence-electron chi connectivity index (χ4n) is 3.78. The third kappa shape index (κ3) is 2.68. The molecule has 6 aromatic rings. The normalized spacial score (nSPS) is 11.5. The second-order valence-electron chi connectivity index (χ2n) is 7.19. The van der Waals surface area contributed by atoms with Gasteiger partial charge in [-0.2, -0.15) is 0 Å². The van der Waals surface area contributed by atoms with Crippen LogP contribution in [0.5, 0.6) is 5.75 Å². The largest absolute Gasteiger partial charge is 0.423 e. The van der Waals surface area contributed by atoms with Crippen LogP contribution in [0.15, 0.2) is 84.9 Å². The first-order valence-electron chi connectivity index (χ1n) is 9.64. The second kappa shape index (κ2) is 6.39. The summed E-state index contributed by atoms with van der Waals surface area (Å²) in [6.45, 7) is 0. The van der Waals surface area contributed by atoms with Gasteiger partial charge in [0.25, 0.3) is 0 Å². The SMILES string of the molecule is O=C(Oc1ccc2nc3[nH]c4ccccc4c3nc2c1)c1ccc2ccccc2c1. The molecule has 5 nitrogen and oxygen atoms in total. The summed E-state index contributed by atoms with van der Waals surface area (Å²) in [6, 6.07) is 26.7. The summed E-state index contributed by atoms with van der Waals surface area (Å²) in [5.41, 5.74) is 4.45. The van der Waals surface area contributed by atoms with Gasteiger partial charge in [-0.3, -0.25) is 0 Å². The summed E-state index contributed by atoms with van der Waals surface area (Å²) < 4.78 is 5.62. The fraction of sp³-hybridized carbons (Fsp3) is 0. The number of aromatic amines is 1. The van der Waals surface area contributed by atoms with Crippen molar-refractivity contribution in [1.29, 1.82) is 0 Å². The topological polar surface area (TPSA) is 67.9 Å². The van der Waals surface area contributed by atoms with Crippen LogP contribution in [0.2, 0.25) is 0 Å². The second-order valence-corrected chi connectivity index (χ2v) is 7.19. The minimum absolute atomic E-state index is 0.402. The molecule has 0 saturated heterocycles. The average Bonchev–Trinajstić information content (AvgIpc) is 3.14. The van der Waals surface area contributed by atoms with Crippen LogP contribution in [0.1, 0.15) is 10.4 Å². The molecule has 0 aliphatic carbocycles. The smallest absolute Gasteiger partial charge is 0.343 e.